The molecule has 132 valence electrons. The van der Waals surface area contributed by atoms with Crippen LogP contribution in [0.1, 0.15) is 22.8 Å². The largest absolute Gasteiger partial charge is 0.496 e. The van der Waals surface area contributed by atoms with Crippen LogP contribution in [0.2, 0.25) is 0 Å². The second kappa shape index (κ2) is 7.00. The standard InChI is InChI=1S/C20H20N4O2/c1-26-18-10-6-5-9-17(18)20(25)23-12-11-16(13-23)24-14-21-22-19(24)15-7-3-2-4-8-15/h2-10,14,16H,11-13H2,1H3. The molecule has 1 saturated heterocycles. The molecule has 6 nitrogen and oxygen atoms in total. The van der Waals surface area contributed by atoms with Crippen LogP contribution < -0.4 is 4.74 Å². The van der Waals surface area contributed by atoms with Gasteiger partial charge in [0.1, 0.15) is 12.1 Å². The van der Waals surface area contributed by atoms with Crippen LogP contribution in [0.25, 0.3) is 11.4 Å². The zero-order valence-corrected chi connectivity index (χ0v) is 14.6. The van der Waals surface area contributed by atoms with Gasteiger partial charge in [-0.15, -0.1) is 10.2 Å². The number of hydrogen-bond donors (Lipinski definition) is 0. The lowest BCUT2D eigenvalue weighted by Crippen LogP contribution is -2.29. The second-order valence-corrected chi connectivity index (χ2v) is 6.32. The van der Waals surface area contributed by atoms with E-state index in [2.05, 4.69) is 14.8 Å². The Hall–Kier alpha value is -3.15. The van der Waals surface area contributed by atoms with Crippen molar-refractivity contribution in [3.8, 4) is 17.1 Å². The zero-order chi connectivity index (χ0) is 17.9. The Bertz CT molecular complexity index is 907. The van der Waals surface area contributed by atoms with Crippen molar-refractivity contribution in [3.05, 3.63) is 66.5 Å². The van der Waals surface area contributed by atoms with Crippen LogP contribution in [0.5, 0.6) is 5.75 Å². The van der Waals surface area contributed by atoms with Gasteiger partial charge in [0, 0.05) is 18.7 Å². The van der Waals surface area contributed by atoms with Crippen LogP contribution in [0.3, 0.4) is 0 Å². The van der Waals surface area contributed by atoms with Crippen LogP contribution >= 0.6 is 0 Å². The van der Waals surface area contributed by atoms with E-state index in [4.69, 9.17) is 4.74 Å². The molecule has 1 fully saturated rings. The number of nitrogens with zero attached hydrogens (tertiary/aromatic N) is 4. The number of para-hydroxylation sites is 1. The molecular formula is C20H20N4O2. The average Bonchev–Trinajstić information content (AvgIpc) is 3.37. The van der Waals surface area contributed by atoms with Crippen LogP contribution in [-0.2, 0) is 0 Å². The first-order valence-corrected chi connectivity index (χ1v) is 8.65. The van der Waals surface area contributed by atoms with Gasteiger partial charge >= 0.3 is 0 Å². The summed E-state index contributed by atoms with van der Waals surface area (Å²) in [6.07, 6.45) is 2.63. The van der Waals surface area contributed by atoms with Crippen molar-refractivity contribution in [2.24, 2.45) is 0 Å². The minimum absolute atomic E-state index is 0.000661. The summed E-state index contributed by atoms with van der Waals surface area (Å²) in [5.41, 5.74) is 1.63. The SMILES string of the molecule is COc1ccccc1C(=O)N1CCC(n2cnnc2-c2ccccc2)C1. The molecule has 1 aromatic heterocycles. The maximum atomic E-state index is 12.9. The van der Waals surface area contributed by atoms with Crippen LogP contribution in [-0.4, -0.2) is 45.8 Å². The van der Waals surface area contributed by atoms with E-state index in [0.717, 1.165) is 17.8 Å². The zero-order valence-electron chi connectivity index (χ0n) is 14.6. The highest BCUT2D eigenvalue weighted by Crippen LogP contribution is 2.29. The first-order chi connectivity index (χ1) is 12.8. The Morgan fingerprint density at radius 2 is 1.88 bits per heavy atom. The number of hydrogen-bond acceptors (Lipinski definition) is 4. The number of benzene rings is 2. The molecular weight excluding hydrogens is 328 g/mol. The Kier molecular flexibility index (Phi) is 4.39. The predicted molar refractivity (Wildman–Crippen MR) is 98.0 cm³/mol. The first kappa shape index (κ1) is 16.3. The highest BCUT2D eigenvalue weighted by molar-refractivity contribution is 5.97. The quantitative estimate of drug-likeness (QED) is 0.727. The lowest BCUT2D eigenvalue weighted by Gasteiger charge is -2.19. The number of aromatic nitrogens is 3. The number of ether oxygens (including phenoxy) is 1. The van der Waals surface area contributed by atoms with E-state index in [9.17, 15) is 4.79 Å². The molecule has 2 heterocycles. The first-order valence-electron chi connectivity index (χ1n) is 8.65. The minimum Gasteiger partial charge on any atom is -0.496 e. The maximum Gasteiger partial charge on any atom is 0.257 e. The highest BCUT2D eigenvalue weighted by Gasteiger charge is 2.30. The third-order valence-corrected chi connectivity index (χ3v) is 4.79. The molecule has 3 aromatic rings. The molecule has 0 N–H and O–H groups in total. The Labute approximate surface area is 152 Å². The van der Waals surface area contributed by atoms with Gasteiger partial charge in [-0.25, -0.2) is 0 Å². The van der Waals surface area contributed by atoms with E-state index in [0.29, 0.717) is 24.4 Å². The van der Waals surface area contributed by atoms with Gasteiger partial charge in [0.25, 0.3) is 5.91 Å². The Morgan fingerprint density at radius 1 is 1.12 bits per heavy atom. The molecule has 1 amide bonds. The minimum atomic E-state index is -0.000661. The summed E-state index contributed by atoms with van der Waals surface area (Å²) in [6.45, 7) is 1.34. The van der Waals surface area contributed by atoms with Gasteiger partial charge < -0.3 is 14.2 Å². The molecule has 1 aliphatic heterocycles. The van der Waals surface area contributed by atoms with Crippen LogP contribution in [0.15, 0.2) is 60.9 Å². The number of carbonyl (C=O) groups is 1. The maximum absolute atomic E-state index is 12.9. The predicted octanol–water partition coefficient (Wildman–Crippen LogP) is 3.04. The van der Waals surface area contributed by atoms with Crippen molar-refractivity contribution in [2.75, 3.05) is 20.2 Å². The van der Waals surface area contributed by atoms with Gasteiger partial charge in [0.05, 0.1) is 18.7 Å². The van der Waals surface area contributed by atoms with Crippen LogP contribution in [0, 0.1) is 0 Å². The van der Waals surface area contributed by atoms with Gasteiger partial charge in [0.2, 0.25) is 0 Å². The Morgan fingerprint density at radius 3 is 2.69 bits per heavy atom. The fourth-order valence-electron chi connectivity index (χ4n) is 3.45. The van der Waals surface area contributed by atoms with Crippen molar-refractivity contribution in [2.45, 2.75) is 12.5 Å². The van der Waals surface area contributed by atoms with Crippen molar-refractivity contribution in [1.82, 2.24) is 19.7 Å². The topological polar surface area (TPSA) is 60.2 Å². The van der Waals surface area contributed by atoms with E-state index in [1.54, 1.807) is 13.4 Å². The van der Waals surface area contributed by atoms with Gasteiger partial charge in [-0.2, -0.15) is 0 Å². The van der Waals surface area contributed by atoms with Gasteiger partial charge in [0.15, 0.2) is 5.82 Å². The lowest BCUT2D eigenvalue weighted by molar-refractivity contribution is 0.0784. The molecule has 1 atom stereocenters. The van der Waals surface area contributed by atoms with E-state index < -0.39 is 0 Å². The monoisotopic (exact) mass is 348 g/mol. The fourth-order valence-corrected chi connectivity index (χ4v) is 3.45. The fraction of sp³-hybridized carbons (Fsp3) is 0.250. The van der Waals surface area contributed by atoms with Gasteiger partial charge in [-0.3, -0.25) is 4.79 Å². The average molecular weight is 348 g/mol. The Balaban J connectivity index is 1.55. The van der Waals surface area contributed by atoms with E-state index in [-0.39, 0.29) is 11.9 Å². The summed E-state index contributed by atoms with van der Waals surface area (Å²) in [5, 5.41) is 8.36. The lowest BCUT2D eigenvalue weighted by atomic mass is 10.1. The van der Waals surface area contributed by atoms with Crippen molar-refractivity contribution in [1.29, 1.82) is 0 Å². The molecule has 6 heteroatoms. The van der Waals surface area contributed by atoms with Crippen molar-refractivity contribution < 1.29 is 9.53 Å². The molecule has 0 aliphatic carbocycles. The summed E-state index contributed by atoms with van der Waals surface area (Å²) < 4.78 is 7.40. The van der Waals surface area contributed by atoms with Gasteiger partial charge in [-0.05, 0) is 18.6 Å². The summed E-state index contributed by atoms with van der Waals surface area (Å²) >= 11 is 0. The molecule has 0 radical (unpaired) electrons. The van der Waals surface area contributed by atoms with Crippen molar-refractivity contribution >= 4 is 5.91 Å². The number of methoxy groups -OCH3 is 1. The molecule has 4 rings (SSSR count). The molecule has 26 heavy (non-hydrogen) atoms. The van der Waals surface area contributed by atoms with Crippen molar-refractivity contribution in [3.63, 3.8) is 0 Å². The summed E-state index contributed by atoms with van der Waals surface area (Å²) in [4.78, 5) is 14.8. The summed E-state index contributed by atoms with van der Waals surface area (Å²) in [5.74, 6) is 1.44. The highest BCUT2D eigenvalue weighted by atomic mass is 16.5. The third kappa shape index (κ3) is 2.94. The second-order valence-electron chi connectivity index (χ2n) is 6.32. The normalized spacial score (nSPS) is 16.7. The number of carbonyl (C=O) groups excluding carboxylic acids is 1. The summed E-state index contributed by atoms with van der Waals surface area (Å²) in [6, 6.07) is 17.5. The molecule has 0 spiro atoms. The number of amides is 1. The number of likely N-dealkylation sites (tertiary alicyclic amines) is 1. The van der Waals surface area contributed by atoms with E-state index in [1.807, 2.05) is 59.5 Å². The van der Waals surface area contributed by atoms with Crippen LogP contribution in [0.4, 0.5) is 0 Å². The van der Waals surface area contributed by atoms with Gasteiger partial charge in [-0.1, -0.05) is 42.5 Å². The molecule has 1 aliphatic rings. The third-order valence-electron chi connectivity index (χ3n) is 4.79. The summed E-state index contributed by atoms with van der Waals surface area (Å²) in [7, 11) is 1.59. The molecule has 1 unspecified atom stereocenters. The molecule has 0 saturated carbocycles. The molecule has 2 aromatic carbocycles. The van der Waals surface area contributed by atoms with E-state index >= 15 is 0 Å². The number of rotatable bonds is 4. The van der Waals surface area contributed by atoms with E-state index in [1.165, 1.54) is 0 Å². The smallest absolute Gasteiger partial charge is 0.257 e. The molecule has 0 bridgehead atoms.